The lowest BCUT2D eigenvalue weighted by atomic mass is 10.4. The van der Waals surface area contributed by atoms with Gasteiger partial charge in [0.2, 0.25) is 0 Å². The smallest absolute Gasteiger partial charge is 0.347 e. The lowest BCUT2D eigenvalue weighted by Crippen LogP contribution is -2.35. The number of rotatable bonds is 5. The van der Waals surface area contributed by atoms with Crippen molar-refractivity contribution in [3.63, 3.8) is 0 Å². The average Bonchev–Trinajstić information content (AvgIpc) is 2.57. The van der Waals surface area contributed by atoms with Crippen molar-refractivity contribution >= 4 is 27.5 Å². The van der Waals surface area contributed by atoms with E-state index in [1.165, 1.54) is 14.1 Å². The molecule has 9 heteroatoms. The van der Waals surface area contributed by atoms with E-state index >= 15 is 0 Å². The van der Waals surface area contributed by atoms with Crippen molar-refractivity contribution in [1.82, 2.24) is 14.0 Å². The Morgan fingerprint density at radius 1 is 1.53 bits per heavy atom. The number of aryl methyl sites for hydroxylation is 1. The summed E-state index contributed by atoms with van der Waals surface area (Å²) in [5.41, 5.74) is 0.390. The van der Waals surface area contributed by atoms with Crippen molar-refractivity contribution in [3.8, 4) is 0 Å². The van der Waals surface area contributed by atoms with Crippen LogP contribution in [-0.2, 0) is 16.8 Å². The van der Waals surface area contributed by atoms with Crippen molar-refractivity contribution in [2.45, 2.75) is 13.5 Å². The molecule has 1 aromatic rings. The van der Waals surface area contributed by atoms with Crippen molar-refractivity contribution < 1.29 is 18.3 Å². The SMILES string of the molecule is Cc1nc(CNS(=O)(=O)N(C)C)sc1C(=O)O. The van der Waals surface area contributed by atoms with Gasteiger partial charge in [0.1, 0.15) is 9.88 Å². The molecule has 0 amide bonds. The molecule has 7 nitrogen and oxygen atoms in total. The Balaban J connectivity index is 2.78. The summed E-state index contributed by atoms with van der Waals surface area (Å²) in [7, 11) is -0.716. The van der Waals surface area contributed by atoms with Gasteiger partial charge in [0.15, 0.2) is 0 Å². The standard InChI is InChI=1S/C8H13N3O4S2/c1-5-7(8(12)13)16-6(10-5)4-9-17(14,15)11(2)3/h9H,4H2,1-3H3,(H,12,13). The van der Waals surface area contributed by atoms with Gasteiger partial charge in [-0.2, -0.15) is 17.4 Å². The zero-order valence-corrected chi connectivity index (χ0v) is 11.2. The van der Waals surface area contributed by atoms with Crippen molar-refractivity contribution in [1.29, 1.82) is 0 Å². The largest absolute Gasteiger partial charge is 0.477 e. The molecular formula is C8H13N3O4S2. The van der Waals surface area contributed by atoms with E-state index in [1.807, 2.05) is 0 Å². The summed E-state index contributed by atoms with van der Waals surface area (Å²) >= 11 is 0.964. The van der Waals surface area contributed by atoms with Crippen LogP contribution in [0.5, 0.6) is 0 Å². The van der Waals surface area contributed by atoms with Gasteiger partial charge >= 0.3 is 5.97 Å². The second kappa shape index (κ2) is 5.08. The fraction of sp³-hybridized carbons (Fsp3) is 0.500. The van der Waals surface area contributed by atoms with Gasteiger partial charge in [0, 0.05) is 14.1 Å². The summed E-state index contributed by atoms with van der Waals surface area (Å²) in [5.74, 6) is -1.05. The third-order valence-corrected chi connectivity index (χ3v) is 4.54. The Hall–Kier alpha value is -1.03. The van der Waals surface area contributed by atoms with Crippen molar-refractivity contribution in [2.24, 2.45) is 0 Å². The first-order chi connectivity index (χ1) is 7.74. The third-order valence-electron chi connectivity index (χ3n) is 1.92. The van der Waals surface area contributed by atoms with E-state index < -0.39 is 16.2 Å². The molecule has 2 N–H and O–H groups in total. The van der Waals surface area contributed by atoms with Gasteiger partial charge in [0.25, 0.3) is 10.2 Å². The molecule has 1 aromatic heterocycles. The van der Waals surface area contributed by atoms with Crippen molar-refractivity contribution in [3.05, 3.63) is 15.6 Å². The quantitative estimate of drug-likeness (QED) is 0.793. The van der Waals surface area contributed by atoms with E-state index in [2.05, 4.69) is 9.71 Å². The highest BCUT2D eigenvalue weighted by molar-refractivity contribution is 7.87. The Morgan fingerprint density at radius 2 is 2.12 bits per heavy atom. The maximum Gasteiger partial charge on any atom is 0.347 e. The molecule has 0 radical (unpaired) electrons. The van der Waals surface area contributed by atoms with Crippen LogP contribution < -0.4 is 4.72 Å². The molecule has 0 atom stereocenters. The highest BCUT2D eigenvalue weighted by Gasteiger charge is 2.17. The topological polar surface area (TPSA) is 99.6 Å². The normalized spacial score (nSPS) is 12.0. The summed E-state index contributed by atoms with van der Waals surface area (Å²) in [5, 5.41) is 9.24. The molecule has 96 valence electrons. The van der Waals surface area contributed by atoms with Gasteiger partial charge in [-0.3, -0.25) is 0 Å². The summed E-state index contributed by atoms with van der Waals surface area (Å²) < 4.78 is 26.1. The first kappa shape index (κ1) is 14.0. The Labute approximate surface area is 103 Å². The summed E-state index contributed by atoms with van der Waals surface area (Å²) in [6.45, 7) is 1.56. The number of thiazole rings is 1. The van der Waals surface area contributed by atoms with E-state index in [0.717, 1.165) is 15.6 Å². The first-order valence-electron chi connectivity index (χ1n) is 4.60. The number of nitrogens with zero attached hydrogens (tertiary/aromatic N) is 2. The lowest BCUT2D eigenvalue weighted by molar-refractivity contribution is 0.0701. The molecule has 0 saturated carbocycles. The van der Waals surface area contributed by atoms with E-state index in [9.17, 15) is 13.2 Å². The number of nitrogens with one attached hydrogen (secondary N) is 1. The van der Waals surface area contributed by atoms with Crippen LogP contribution in [0.4, 0.5) is 0 Å². The number of carboxylic acid groups (broad SMARTS) is 1. The van der Waals surface area contributed by atoms with Crippen LogP contribution in [0.25, 0.3) is 0 Å². The van der Waals surface area contributed by atoms with Gasteiger partial charge in [-0.1, -0.05) is 0 Å². The zero-order chi connectivity index (χ0) is 13.2. The highest BCUT2D eigenvalue weighted by Crippen LogP contribution is 2.17. The minimum atomic E-state index is -3.52. The number of aromatic carboxylic acids is 1. The lowest BCUT2D eigenvalue weighted by Gasteiger charge is -2.10. The van der Waals surface area contributed by atoms with Gasteiger partial charge in [-0.15, -0.1) is 11.3 Å². The molecule has 17 heavy (non-hydrogen) atoms. The Morgan fingerprint density at radius 3 is 2.53 bits per heavy atom. The molecule has 1 rings (SSSR count). The van der Waals surface area contributed by atoms with E-state index in [-0.39, 0.29) is 11.4 Å². The molecule has 0 aliphatic carbocycles. The number of aromatic nitrogens is 1. The number of carbonyl (C=O) groups is 1. The van der Waals surface area contributed by atoms with Crippen LogP contribution in [0.1, 0.15) is 20.4 Å². The van der Waals surface area contributed by atoms with E-state index in [4.69, 9.17) is 5.11 Å². The van der Waals surface area contributed by atoms with E-state index in [1.54, 1.807) is 6.92 Å². The van der Waals surface area contributed by atoms with Crippen LogP contribution in [0, 0.1) is 6.92 Å². The molecular weight excluding hydrogens is 266 g/mol. The predicted molar refractivity (Wildman–Crippen MR) is 63.3 cm³/mol. The second-order valence-electron chi connectivity index (χ2n) is 3.44. The summed E-state index contributed by atoms with van der Waals surface area (Å²) in [6.07, 6.45) is 0. The van der Waals surface area contributed by atoms with Gasteiger partial charge < -0.3 is 5.11 Å². The highest BCUT2D eigenvalue weighted by atomic mass is 32.2. The van der Waals surface area contributed by atoms with Crippen LogP contribution >= 0.6 is 11.3 Å². The van der Waals surface area contributed by atoms with Gasteiger partial charge in [-0.05, 0) is 6.92 Å². The zero-order valence-electron chi connectivity index (χ0n) is 9.59. The van der Waals surface area contributed by atoms with Crippen LogP contribution in [0.3, 0.4) is 0 Å². The molecule has 0 aliphatic rings. The first-order valence-corrected chi connectivity index (χ1v) is 6.86. The predicted octanol–water partition coefficient (Wildman–Crippen LogP) is 0.0457. The summed E-state index contributed by atoms with van der Waals surface area (Å²) in [6, 6.07) is 0. The van der Waals surface area contributed by atoms with Crippen LogP contribution in [0.2, 0.25) is 0 Å². The van der Waals surface area contributed by atoms with Crippen molar-refractivity contribution in [2.75, 3.05) is 14.1 Å². The average molecular weight is 279 g/mol. The second-order valence-corrected chi connectivity index (χ2v) is 6.49. The Kier molecular flexibility index (Phi) is 4.20. The fourth-order valence-corrected chi connectivity index (χ4v) is 2.52. The minimum Gasteiger partial charge on any atom is -0.477 e. The number of carboxylic acids is 1. The molecule has 0 saturated heterocycles. The third kappa shape index (κ3) is 3.46. The number of hydrogen-bond donors (Lipinski definition) is 2. The van der Waals surface area contributed by atoms with E-state index in [0.29, 0.717) is 10.7 Å². The minimum absolute atomic E-state index is 0.0146. The molecule has 0 unspecified atom stereocenters. The molecule has 0 spiro atoms. The van der Waals surface area contributed by atoms with Gasteiger partial charge in [0.05, 0.1) is 12.2 Å². The molecule has 0 aromatic carbocycles. The molecule has 0 aliphatic heterocycles. The van der Waals surface area contributed by atoms with Crippen LogP contribution in [-0.4, -0.2) is 42.9 Å². The molecule has 0 bridgehead atoms. The molecule has 0 fully saturated rings. The molecule has 1 heterocycles. The monoisotopic (exact) mass is 279 g/mol. The Bertz CT molecular complexity index is 521. The maximum absolute atomic E-state index is 11.4. The van der Waals surface area contributed by atoms with Crippen LogP contribution in [0.15, 0.2) is 0 Å². The fourth-order valence-electron chi connectivity index (χ4n) is 1.01. The summed E-state index contributed by atoms with van der Waals surface area (Å²) in [4.78, 5) is 14.9. The van der Waals surface area contributed by atoms with Gasteiger partial charge in [-0.25, -0.2) is 9.78 Å². The maximum atomic E-state index is 11.4. The number of hydrogen-bond acceptors (Lipinski definition) is 5.